The summed E-state index contributed by atoms with van der Waals surface area (Å²) in [6.45, 7) is 2.45. The molecule has 0 aliphatic carbocycles. The second-order valence-electron chi connectivity index (χ2n) is 4.83. The molecule has 0 spiro atoms. The van der Waals surface area contributed by atoms with Crippen molar-refractivity contribution in [3.8, 4) is 0 Å². The summed E-state index contributed by atoms with van der Waals surface area (Å²) < 4.78 is 0. The monoisotopic (exact) mass is 264 g/mol. The molecule has 2 rings (SSSR count). The first kappa shape index (κ1) is 13.6. The van der Waals surface area contributed by atoms with Gasteiger partial charge < -0.3 is 14.9 Å². The van der Waals surface area contributed by atoms with Gasteiger partial charge in [0.15, 0.2) is 0 Å². The molecule has 104 valence electrons. The van der Waals surface area contributed by atoms with Crippen LogP contribution in [0.3, 0.4) is 0 Å². The van der Waals surface area contributed by atoms with Gasteiger partial charge in [0.1, 0.15) is 5.82 Å². The minimum absolute atomic E-state index is 0.111. The number of hydrogen-bond donors (Lipinski definition) is 1. The van der Waals surface area contributed by atoms with Crippen molar-refractivity contribution >= 4 is 17.7 Å². The van der Waals surface area contributed by atoms with E-state index in [1.54, 1.807) is 6.20 Å². The molecule has 1 aromatic rings. The van der Waals surface area contributed by atoms with Crippen LogP contribution in [0.4, 0.5) is 11.8 Å². The number of anilines is 2. The number of carbonyl (C=O) groups is 1. The molecule has 0 atom stereocenters. The number of rotatable bonds is 5. The average Bonchev–Trinajstić information content (AvgIpc) is 2.46. The Morgan fingerprint density at radius 2 is 2.16 bits per heavy atom. The Morgan fingerprint density at radius 1 is 1.42 bits per heavy atom. The van der Waals surface area contributed by atoms with Gasteiger partial charge in [-0.3, -0.25) is 4.79 Å². The highest BCUT2D eigenvalue weighted by atomic mass is 16.4. The third-order valence-electron chi connectivity index (χ3n) is 3.32. The molecule has 6 nitrogen and oxygen atoms in total. The molecule has 2 heterocycles. The Bertz CT molecular complexity index is 432. The van der Waals surface area contributed by atoms with E-state index in [4.69, 9.17) is 5.11 Å². The molecule has 1 N–H and O–H groups in total. The van der Waals surface area contributed by atoms with Gasteiger partial charge in [-0.1, -0.05) is 0 Å². The van der Waals surface area contributed by atoms with Gasteiger partial charge in [-0.05, 0) is 25.3 Å². The highest BCUT2D eigenvalue weighted by molar-refractivity contribution is 5.67. The SMILES string of the molecule is CN(CCC(=O)O)c1ccnc(N2CCCCC2)n1. The first-order chi connectivity index (χ1) is 9.16. The maximum atomic E-state index is 10.6. The Labute approximate surface area is 113 Å². The molecule has 0 unspecified atom stereocenters. The predicted molar refractivity (Wildman–Crippen MR) is 73.6 cm³/mol. The second-order valence-corrected chi connectivity index (χ2v) is 4.83. The lowest BCUT2D eigenvalue weighted by atomic mass is 10.1. The molecule has 1 aromatic heterocycles. The van der Waals surface area contributed by atoms with Crippen LogP contribution >= 0.6 is 0 Å². The molecule has 1 fully saturated rings. The molecular formula is C13H20N4O2. The number of aromatic nitrogens is 2. The van der Waals surface area contributed by atoms with Gasteiger partial charge in [-0.15, -0.1) is 0 Å². The van der Waals surface area contributed by atoms with Crippen LogP contribution in [0.2, 0.25) is 0 Å². The summed E-state index contributed by atoms with van der Waals surface area (Å²) >= 11 is 0. The highest BCUT2D eigenvalue weighted by Crippen LogP contribution is 2.18. The average molecular weight is 264 g/mol. The second kappa shape index (κ2) is 6.36. The van der Waals surface area contributed by atoms with E-state index in [2.05, 4.69) is 14.9 Å². The number of piperidine rings is 1. The van der Waals surface area contributed by atoms with Gasteiger partial charge in [0.05, 0.1) is 6.42 Å². The zero-order valence-corrected chi connectivity index (χ0v) is 11.2. The summed E-state index contributed by atoms with van der Waals surface area (Å²) in [6, 6.07) is 1.81. The van der Waals surface area contributed by atoms with Crippen molar-refractivity contribution in [2.45, 2.75) is 25.7 Å². The molecule has 1 aliphatic heterocycles. The fraction of sp³-hybridized carbons (Fsp3) is 0.615. The van der Waals surface area contributed by atoms with E-state index in [-0.39, 0.29) is 6.42 Å². The fourth-order valence-electron chi connectivity index (χ4n) is 2.18. The van der Waals surface area contributed by atoms with Crippen LogP contribution in [-0.4, -0.2) is 47.7 Å². The summed E-state index contributed by atoms with van der Waals surface area (Å²) in [5.74, 6) is 0.730. The van der Waals surface area contributed by atoms with Crippen molar-refractivity contribution in [3.05, 3.63) is 12.3 Å². The van der Waals surface area contributed by atoms with Crippen LogP contribution in [0.1, 0.15) is 25.7 Å². The summed E-state index contributed by atoms with van der Waals surface area (Å²) in [5.41, 5.74) is 0. The molecule has 0 bridgehead atoms. The Kier molecular flexibility index (Phi) is 4.54. The summed E-state index contributed by atoms with van der Waals surface area (Å²) in [6.07, 6.45) is 5.49. The van der Waals surface area contributed by atoms with Crippen molar-refractivity contribution in [1.82, 2.24) is 9.97 Å². The number of carboxylic acids is 1. The third-order valence-corrected chi connectivity index (χ3v) is 3.32. The van der Waals surface area contributed by atoms with E-state index in [1.807, 2.05) is 18.0 Å². The highest BCUT2D eigenvalue weighted by Gasteiger charge is 2.14. The van der Waals surface area contributed by atoms with Crippen molar-refractivity contribution in [2.75, 3.05) is 36.5 Å². The van der Waals surface area contributed by atoms with Crippen molar-refractivity contribution in [2.24, 2.45) is 0 Å². The van der Waals surface area contributed by atoms with E-state index in [0.717, 1.165) is 24.9 Å². The topological polar surface area (TPSA) is 69.6 Å². The van der Waals surface area contributed by atoms with Crippen molar-refractivity contribution in [1.29, 1.82) is 0 Å². The lowest BCUT2D eigenvalue weighted by Gasteiger charge is -2.27. The smallest absolute Gasteiger partial charge is 0.305 e. The zero-order chi connectivity index (χ0) is 13.7. The largest absolute Gasteiger partial charge is 0.481 e. The maximum Gasteiger partial charge on any atom is 0.305 e. The minimum atomic E-state index is -0.794. The first-order valence-corrected chi connectivity index (χ1v) is 6.68. The zero-order valence-electron chi connectivity index (χ0n) is 11.2. The molecule has 19 heavy (non-hydrogen) atoms. The maximum absolute atomic E-state index is 10.6. The van der Waals surface area contributed by atoms with E-state index in [1.165, 1.54) is 19.3 Å². The van der Waals surface area contributed by atoms with Gasteiger partial charge in [-0.25, -0.2) is 4.98 Å². The van der Waals surface area contributed by atoms with E-state index >= 15 is 0 Å². The number of carboxylic acid groups (broad SMARTS) is 1. The van der Waals surface area contributed by atoms with Crippen LogP contribution in [0.5, 0.6) is 0 Å². The normalized spacial score (nSPS) is 15.3. The van der Waals surface area contributed by atoms with Gasteiger partial charge >= 0.3 is 5.97 Å². The Hall–Kier alpha value is -1.85. The summed E-state index contributed by atoms with van der Waals surface area (Å²) in [4.78, 5) is 23.5. The molecule has 1 aliphatic rings. The number of hydrogen-bond acceptors (Lipinski definition) is 5. The predicted octanol–water partition coefficient (Wildman–Crippen LogP) is 1.38. The van der Waals surface area contributed by atoms with Crippen molar-refractivity contribution in [3.63, 3.8) is 0 Å². The van der Waals surface area contributed by atoms with Gasteiger partial charge in [0, 0.05) is 32.9 Å². The molecule has 1 saturated heterocycles. The Balaban J connectivity index is 2.03. The van der Waals surface area contributed by atoms with E-state index in [9.17, 15) is 4.79 Å². The Morgan fingerprint density at radius 3 is 2.84 bits per heavy atom. The van der Waals surface area contributed by atoms with Gasteiger partial charge in [0.2, 0.25) is 5.95 Å². The van der Waals surface area contributed by atoms with Crippen LogP contribution in [0, 0.1) is 0 Å². The molecule has 0 aromatic carbocycles. The third kappa shape index (κ3) is 3.81. The van der Waals surface area contributed by atoms with E-state index in [0.29, 0.717) is 6.54 Å². The quantitative estimate of drug-likeness (QED) is 0.866. The van der Waals surface area contributed by atoms with Crippen LogP contribution < -0.4 is 9.80 Å². The molecule has 6 heteroatoms. The number of aliphatic carboxylic acids is 1. The molecule has 0 saturated carbocycles. The van der Waals surface area contributed by atoms with E-state index < -0.39 is 5.97 Å². The van der Waals surface area contributed by atoms with Crippen LogP contribution in [0.25, 0.3) is 0 Å². The molecule has 0 amide bonds. The minimum Gasteiger partial charge on any atom is -0.481 e. The van der Waals surface area contributed by atoms with Crippen LogP contribution in [0.15, 0.2) is 12.3 Å². The first-order valence-electron chi connectivity index (χ1n) is 6.68. The molecule has 0 radical (unpaired) electrons. The fourth-order valence-corrected chi connectivity index (χ4v) is 2.18. The standard InChI is InChI=1S/C13H20N4O2/c1-16(10-6-12(18)19)11-5-7-14-13(15-11)17-8-3-2-4-9-17/h5,7H,2-4,6,8-10H2,1H3,(H,18,19). The van der Waals surface area contributed by atoms with Gasteiger partial charge in [0.25, 0.3) is 0 Å². The lowest BCUT2D eigenvalue weighted by molar-refractivity contribution is -0.136. The van der Waals surface area contributed by atoms with Crippen molar-refractivity contribution < 1.29 is 9.90 Å². The number of nitrogens with zero attached hydrogens (tertiary/aromatic N) is 4. The lowest BCUT2D eigenvalue weighted by Crippen LogP contribution is -2.31. The van der Waals surface area contributed by atoms with Crippen LogP contribution in [-0.2, 0) is 4.79 Å². The summed E-state index contributed by atoms with van der Waals surface area (Å²) in [7, 11) is 1.85. The molecular weight excluding hydrogens is 244 g/mol. The summed E-state index contributed by atoms with van der Waals surface area (Å²) in [5, 5.41) is 8.70. The van der Waals surface area contributed by atoms with Gasteiger partial charge in [-0.2, -0.15) is 4.98 Å².